The molecule has 1 N–H and O–H groups in total. The molecule has 0 spiro atoms. The summed E-state index contributed by atoms with van der Waals surface area (Å²) in [5.41, 5.74) is 2.18. The molecule has 1 amide bonds. The van der Waals surface area contributed by atoms with Crippen LogP contribution in [0.1, 0.15) is 24.0 Å². The number of benzene rings is 2. The Labute approximate surface area is 165 Å². The third kappa shape index (κ3) is 4.28. The van der Waals surface area contributed by atoms with Crippen LogP contribution < -0.4 is 0 Å². The highest BCUT2D eigenvalue weighted by Gasteiger charge is 2.36. The van der Waals surface area contributed by atoms with Gasteiger partial charge < -0.3 is 10.0 Å². The minimum Gasteiger partial charge on any atom is -0.506 e. The number of carbonyl (C=O) groups is 1. The Morgan fingerprint density at radius 3 is 2.63 bits per heavy atom. The summed E-state index contributed by atoms with van der Waals surface area (Å²) in [5, 5.41) is 9.86. The predicted octanol–water partition coefficient (Wildman–Crippen LogP) is 3.71. The maximum atomic E-state index is 12.9. The molecule has 5 rings (SSSR count). The van der Waals surface area contributed by atoms with Crippen LogP contribution in [0.25, 0.3) is 0 Å². The van der Waals surface area contributed by atoms with Crippen LogP contribution in [0.3, 0.4) is 0 Å². The van der Waals surface area contributed by atoms with E-state index in [0.717, 1.165) is 38.2 Å². The first kappa shape index (κ1) is 18.3. The van der Waals surface area contributed by atoms with Crippen molar-refractivity contribution >= 4 is 17.5 Å². The number of piperidine rings is 1. The molecule has 2 atom stereocenters. The standard InChI is InChI=1S/C22H25ClN2O2/c23-20-10-17(7-9-21(20)26)11-22(27)25-14-18-6-8-19(15-25)24(13-18)12-16-4-2-1-3-5-16/h1-5,7,9-10,18-19,26H,6,8,11-15H2/t18-,19-/m1/s1. The minimum absolute atomic E-state index is 0.0530. The van der Waals surface area contributed by atoms with E-state index in [1.54, 1.807) is 18.2 Å². The van der Waals surface area contributed by atoms with Crippen LogP contribution in [-0.4, -0.2) is 46.5 Å². The summed E-state index contributed by atoms with van der Waals surface area (Å²) in [6.07, 6.45) is 2.69. The van der Waals surface area contributed by atoms with Gasteiger partial charge in [0.2, 0.25) is 5.91 Å². The zero-order valence-electron chi connectivity index (χ0n) is 15.4. The topological polar surface area (TPSA) is 43.8 Å². The minimum atomic E-state index is 0.0530. The number of phenols is 1. The summed E-state index contributed by atoms with van der Waals surface area (Å²) in [5.74, 6) is 0.743. The van der Waals surface area contributed by atoms with E-state index in [1.165, 1.54) is 12.0 Å². The largest absolute Gasteiger partial charge is 0.506 e. The first-order chi connectivity index (χ1) is 13.1. The van der Waals surface area contributed by atoms with Crippen molar-refractivity contribution in [3.63, 3.8) is 0 Å². The Hall–Kier alpha value is -2.04. The Balaban J connectivity index is 1.43. The second-order valence-corrected chi connectivity index (χ2v) is 8.18. The highest BCUT2D eigenvalue weighted by atomic mass is 35.5. The fourth-order valence-electron chi connectivity index (χ4n) is 4.34. The summed E-state index contributed by atoms with van der Waals surface area (Å²) in [7, 11) is 0. The van der Waals surface area contributed by atoms with Gasteiger partial charge in [-0.3, -0.25) is 9.69 Å². The molecule has 2 aromatic carbocycles. The molecule has 3 aliphatic rings. The van der Waals surface area contributed by atoms with E-state index in [0.29, 0.717) is 23.4 Å². The monoisotopic (exact) mass is 384 g/mol. The van der Waals surface area contributed by atoms with Crippen molar-refractivity contribution < 1.29 is 9.90 Å². The van der Waals surface area contributed by atoms with Gasteiger partial charge in [0, 0.05) is 32.2 Å². The SMILES string of the molecule is O=C(Cc1ccc(O)c(Cl)c1)N1C[C@@H]2CC[C@H](C1)N(Cc1ccccc1)C2. The zero-order valence-corrected chi connectivity index (χ0v) is 16.1. The summed E-state index contributed by atoms with van der Waals surface area (Å²) in [6.45, 7) is 3.66. The van der Waals surface area contributed by atoms with Crippen LogP contribution >= 0.6 is 11.6 Å². The molecule has 3 saturated heterocycles. The number of halogens is 1. The number of amides is 1. The molecule has 0 saturated carbocycles. The van der Waals surface area contributed by atoms with E-state index < -0.39 is 0 Å². The van der Waals surface area contributed by atoms with Crippen LogP contribution in [0.15, 0.2) is 48.5 Å². The molecule has 3 aliphatic heterocycles. The Morgan fingerprint density at radius 1 is 1.04 bits per heavy atom. The van der Waals surface area contributed by atoms with Gasteiger partial charge in [-0.05, 0) is 42.0 Å². The maximum Gasteiger partial charge on any atom is 0.227 e. The van der Waals surface area contributed by atoms with Gasteiger partial charge in [0.15, 0.2) is 0 Å². The van der Waals surface area contributed by atoms with Crippen molar-refractivity contribution in [1.29, 1.82) is 0 Å². The molecule has 5 heteroatoms. The van der Waals surface area contributed by atoms with E-state index in [4.69, 9.17) is 11.6 Å². The lowest BCUT2D eigenvalue weighted by Gasteiger charge is -2.36. The number of aromatic hydroxyl groups is 1. The smallest absolute Gasteiger partial charge is 0.227 e. The fraction of sp³-hybridized carbons (Fsp3) is 0.409. The highest BCUT2D eigenvalue weighted by Crippen LogP contribution is 2.30. The third-order valence-corrected chi connectivity index (χ3v) is 6.08. The van der Waals surface area contributed by atoms with Crippen LogP contribution in [-0.2, 0) is 17.8 Å². The van der Waals surface area contributed by atoms with Crippen molar-refractivity contribution in [3.05, 3.63) is 64.7 Å². The normalized spacial score (nSPS) is 22.6. The molecule has 3 heterocycles. The number of carbonyl (C=O) groups excluding carboxylic acids is 1. The van der Waals surface area contributed by atoms with Crippen LogP contribution in [0, 0.1) is 5.92 Å². The molecular weight excluding hydrogens is 360 g/mol. The molecule has 27 heavy (non-hydrogen) atoms. The molecule has 0 unspecified atom stereocenters. The van der Waals surface area contributed by atoms with Gasteiger partial charge in [-0.2, -0.15) is 0 Å². The lowest BCUT2D eigenvalue weighted by atomic mass is 9.94. The number of nitrogens with zero attached hydrogens (tertiary/aromatic N) is 2. The molecule has 2 bridgehead atoms. The molecule has 3 fully saturated rings. The van der Waals surface area contributed by atoms with E-state index in [1.807, 2.05) is 11.0 Å². The third-order valence-electron chi connectivity index (χ3n) is 5.78. The average molecular weight is 385 g/mol. The molecule has 0 aliphatic carbocycles. The molecule has 0 aromatic heterocycles. The second kappa shape index (κ2) is 7.91. The van der Waals surface area contributed by atoms with E-state index in [-0.39, 0.29) is 11.7 Å². The summed E-state index contributed by atoms with van der Waals surface area (Å²) in [4.78, 5) is 17.5. The van der Waals surface area contributed by atoms with Crippen molar-refractivity contribution in [3.8, 4) is 5.75 Å². The number of hydrogen-bond donors (Lipinski definition) is 1. The zero-order chi connectivity index (χ0) is 18.8. The summed E-state index contributed by atoms with van der Waals surface area (Å²) >= 11 is 5.98. The van der Waals surface area contributed by atoms with Gasteiger partial charge >= 0.3 is 0 Å². The number of hydrogen-bond acceptors (Lipinski definition) is 3. The lowest BCUT2D eigenvalue weighted by molar-refractivity contribution is -0.130. The van der Waals surface area contributed by atoms with Gasteiger partial charge in [0.1, 0.15) is 5.75 Å². The fourth-order valence-corrected chi connectivity index (χ4v) is 4.54. The second-order valence-electron chi connectivity index (χ2n) is 7.77. The van der Waals surface area contributed by atoms with Crippen molar-refractivity contribution in [1.82, 2.24) is 9.80 Å². The van der Waals surface area contributed by atoms with Gasteiger partial charge in [0.05, 0.1) is 11.4 Å². The van der Waals surface area contributed by atoms with Crippen LogP contribution in [0.2, 0.25) is 5.02 Å². The summed E-state index contributed by atoms with van der Waals surface area (Å²) < 4.78 is 0. The van der Waals surface area contributed by atoms with Gasteiger partial charge in [-0.25, -0.2) is 0 Å². The van der Waals surface area contributed by atoms with Crippen LogP contribution in [0.5, 0.6) is 5.75 Å². The van der Waals surface area contributed by atoms with Gasteiger partial charge in [-0.1, -0.05) is 48.0 Å². The van der Waals surface area contributed by atoms with Gasteiger partial charge in [0.25, 0.3) is 0 Å². The Bertz CT molecular complexity index is 811. The van der Waals surface area contributed by atoms with Gasteiger partial charge in [-0.15, -0.1) is 0 Å². The quantitative estimate of drug-likeness (QED) is 0.873. The first-order valence-corrected chi connectivity index (χ1v) is 9.99. The molecule has 4 nitrogen and oxygen atoms in total. The van der Waals surface area contributed by atoms with Crippen LogP contribution in [0.4, 0.5) is 0 Å². The van der Waals surface area contributed by atoms with Crippen molar-refractivity contribution in [2.45, 2.75) is 31.8 Å². The number of phenolic OH excluding ortho intramolecular Hbond substituents is 1. The average Bonchev–Trinajstić information content (AvgIpc) is 2.98. The molecule has 142 valence electrons. The van der Waals surface area contributed by atoms with E-state index in [9.17, 15) is 9.90 Å². The van der Waals surface area contributed by atoms with Crippen molar-refractivity contribution in [2.24, 2.45) is 5.92 Å². The Morgan fingerprint density at radius 2 is 1.85 bits per heavy atom. The number of fused-ring (bicyclic) bond motifs is 4. The predicted molar refractivity (Wildman–Crippen MR) is 107 cm³/mol. The Kier molecular flexibility index (Phi) is 5.37. The van der Waals surface area contributed by atoms with E-state index in [2.05, 4.69) is 29.2 Å². The lowest BCUT2D eigenvalue weighted by Crippen LogP contribution is -2.44. The maximum absolute atomic E-state index is 12.9. The van der Waals surface area contributed by atoms with Crippen molar-refractivity contribution in [2.75, 3.05) is 19.6 Å². The van der Waals surface area contributed by atoms with E-state index >= 15 is 0 Å². The highest BCUT2D eigenvalue weighted by molar-refractivity contribution is 6.32. The molecule has 0 radical (unpaired) electrons. The summed E-state index contributed by atoms with van der Waals surface area (Å²) in [6, 6.07) is 16.0. The molecule has 2 aromatic rings. The first-order valence-electron chi connectivity index (χ1n) is 9.61. The molecular formula is C22H25ClN2O2. The number of rotatable bonds is 4.